The van der Waals surface area contributed by atoms with Crippen LogP contribution in [0.3, 0.4) is 0 Å². The highest BCUT2D eigenvalue weighted by Crippen LogP contribution is 2.76. The molecule has 0 radical (unpaired) electrons. The summed E-state index contributed by atoms with van der Waals surface area (Å²) in [7, 11) is 0. The normalized spacial score (nSPS) is 34.2. The Hall–Kier alpha value is -3.47. The van der Waals surface area contributed by atoms with Gasteiger partial charge in [-0.2, -0.15) is 13.2 Å². The number of carbonyl (C=O) groups is 2. The maximum atomic E-state index is 13.9. The van der Waals surface area contributed by atoms with Gasteiger partial charge in [0.25, 0.3) is 0 Å². The van der Waals surface area contributed by atoms with Crippen LogP contribution >= 0.6 is 0 Å². The van der Waals surface area contributed by atoms with Crippen LogP contribution in [0.4, 0.5) is 13.2 Å². The minimum atomic E-state index is -4.38. The molecule has 0 spiro atoms. The number of allylic oxidation sites excluding steroid dienone is 8. The molecule has 264 valence electrons. The first-order valence-corrected chi connectivity index (χ1v) is 18.5. The highest BCUT2D eigenvalue weighted by Gasteiger charge is 2.73. The Balaban J connectivity index is 0.000000157. The molecule has 6 aliphatic rings. The molecule has 0 saturated heterocycles. The Bertz CT molecular complexity index is 1810. The molecule has 2 fully saturated rings. The van der Waals surface area contributed by atoms with Crippen molar-refractivity contribution in [2.75, 3.05) is 0 Å². The fourth-order valence-corrected chi connectivity index (χ4v) is 11.8. The van der Waals surface area contributed by atoms with Crippen molar-refractivity contribution < 1.29 is 22.8 Å². The van der Waals surface area contributed by atoms with E-state index in [0.717, 1.165) is 30.5 Å². The van der Waals surface area contributed by atoms with Crippen LogP contribution in [0.1, 0.15) is 120 Å². The van der Waals surface area contributed by atoms with Crippen LogP contribution in [0.2, 0.25) is 0 Å². The van der Waals surface area contributed by atoms with Crippen LogP contribution in [0.25, 0.3) is 0 Å². The van der Waals surface area contributed by atoms with E-state index in [0.29, 0.717) is 53.8 Å². The largest absolute Gasteiger partial charge is 0.416 e. The first kappa shape index (κ1) is 35.0. The van der Waals surface area contributed by atoms with E-state index in [1.165, 1.54) is 58.4 Å². The Morgan fingerprint density at radius 1 is 0.600 bits per heavy atom. The van der Waals surface area contributed by atoms with Crippen molar-refractivity contribution in [3.05, 3.63) is 116 Å². The standard InChI is InChI=1S/C23H26O.C22H25F3O/c1-12-14(3)19-10-17(12)21-18-11-20(15(4)13(18)2)23(19,21)22(24)16-8-6-5-7-9-16;1-13-9-19-10-14(2)16(4)12-21(19,11-15(13)3)20(26)17-5-7-18(8-6-17)22(23,24)25/h5-9,17-21H,10-11H2,1-4H3;5-8,19H,9-12H2,1-4H3. The van der Waals surface area contributed by atoms with Crippen molar-refractivity contribution in [1.82, 2.24) is 0 Å². The second-order valence-electron chi connectivity index (χ2n) is 16.8. The zero-order valence-electron chi connectivity index (χ0n) is 30.9. The third kappa shape index (κ3) is 4.95. The lowest BCUT2D eigenvalue weighted by atomic mass is 9.54. The SMILES string of the molecule is CC1=C(C)C2CC1C1C3CC(C(C)=C3C)C21C(=O)c1ccccc1.CC1=C(C)CC2(C(=O)c3ccc(C(F)(F)F)cc3)CC(C)=C(C)CC2C1. The number of alkyl halides is 3. The van der Waals surface area contributed by atoms with E-state index in [1.807, 2.05) is 30.3 Å². The first-order chi connectivity index (χ1) is 23.5. The summed E-state index contributed by atoms with van der Waals surface area (Å²) >= 11 is 0. The average molecular weight is 681 g/mol. The van der Waals surface area contributed by atoms with E-state index in [9.17, 15) is 22.8 Å². The third-order valence-corrected chi connectivity index (χ3v) is 14.8. The molecular formula is C45H51F3O2. The van der Waals surface area contributed by atoms with Crippen molar-refractivity contribution in [2.45, 2.75) is 100 Å². The van der Waals surface area contributed by atoms with Gasteiger partial charge < -0.3 is 0 Å². The summed E-state index contributed by atoms with van der Waals surface area (Å²) < 4.78 is 38.5. The number of rotatable bonds is 4. The number of ketones is 2. The van der Waals surface area contributed by atoms with Gasteiger partial charge in [-0.3, -0.25) is 9.59 Å². The van der Waals surface area contributed by atoms with E-state index < -0.39 is 17.2 Å². The quantitative estimate of drug-likeness (QED) is 0.183. The predicted octanol–water partition coefficient (Wildman–Crippen LogP) is 12.2. The number of halogens is 3. The molecule has 0 N–H and O–H groups in total. The molecule has 2 aromatic carbocycles. The number of fused-ring (bicyclic) bond motifs is 10. The van der Waals surface area contributed by atoms with Crippen LogP contribution in [0, 0.1) is 46.3 Å². The smallest absolute Gasteiger partial charge is 0.294 e. The summed E-state index contributed by atoms with van der Waals surface area (Å²) in [6.07, 6.45) is 1.24. The van der Waals surface area contributed by atoms with E-state index in [2.05, 4.69) is 55.4 Å². The zero-order chi connectivity index (χ0) is 36.1. The molecule has 50 heavy (non-hydrogen) atoms. The second-order valence-corrected chi connectivity index (χ2v) is 16.8. The van der Waals surface area contributed by atoms with E-state index in [-0.39, 0.29) is 17.1 Å². The topological polar surface area (TPSA) is 34.1 Å². The molecule has 4 unspecified atom stereocenters. The van der Waals surface area contributed by atoms with E-state index >= 15 is 0 Å². The maximum Gasteiger partial charge on any atom is 0.416 e. The Morgan fingerprint density at radius 2 is 1.06 bits per heavy atom. The summed E-state index contributed by atoms with van der Waals surface area (Å²) in [6, 6.07) is 14.8. The van der Waals surface area contributed by atoms with Gasteiger partial charge >= 0.3 is 6.18 Å². The number of Topliss-reactive ketones (excluding diaryl/α,β-unsaturated/α-hetero) is 2. The highest BCUT2D eigenvalue weighted by atomic mass is 19.4. The second kappa shape index (κ2) is 12.1. The molecule has 4 atom stereocenters. The van der Waals surface area contributed by atoms with Crippen LogP contribution in [0.5, 0.6) is 0 Å². The molecule has 2 nitrogen and oxygen atoms in total. The third-order valence-electron chi connectivity index (χ3n) is 14.8. The number of hydrogen-bond donors (Lipinski definition) is 0. The monoisotopic (exact) mass is 680 g/mol. The van der Waals surface area contributed by atoms with Gasteiger partial charge in [-0.25, -0.2) is 0 Å². The Labute approximate surface area is 296 Å². The lowest BCUT2D eigenvalue weighted by Crippen LogP contribution is -2.48. The van der Waals surface area contributed by atoms with Crippen LogP contribution in [-0.4, -0.2) is 11.6 Å². The van der Waals surface area contributed by atoms with Crippen molar-refractivity contribution in [1.29, 1.82) is 0 Å². The van der Waals surface area contributed by atoms with Crippen molar-refractivity contribution in [2.24, 2.45) is 46.3 Å². The van der Waals surface area contributed by atoms with Gasteiger partial charge in [-0.1, -0.05) is 87.0 Å². The molecule has 0 aromatic heterocycles. The molecule has 2 saturated carbocycles. The summed E-state index contributed by atoms with van der Waals surface area (Å²) in [5.41, 5.74) is 11.4. The minimum Gasteiger partial charge on any atom is -0.294 e. The number of carbonyl (C=O) groups excluding carboxylic acids is 2. The summed E-state index contributed by atoms with van der Waals surface area (Å²) in [5.74, 6) is 3.43. The van der Waals surface area contributed by atoms with Gasteiger partial charge in [0.1, 0.15) is 0 Å². The highest BCUT2D eigenvalue weighted by molar-refractivity contribution is 6.03. The van der Waals surface area contributed by atoms with Crippen LogP contribution in [-0.2, 0) is 6.18 Å². The lowest BCUT2D eigenvalue weighted by Gasteiger charge is -2.47. The van der Waals surface area contributed by atoms with Gasteiger partial charge in [0.15, 0.2) is 11.6 Å². The first-order valence-electron chi connectivity index (χ1n) is 18.5. The molecule has 6 aliphatic carbocycles. The Kier molecular flexibility index (Phi) is 8.43. The Morgan fingerprint density at radius 3 is 1.52 bits per heavy atom. The number of benzene rings is 2. The molecule has 0 amide bonds. The molecule has 8 rings (SSSR count). The lowest BCUT2D eigenvalue weighted by molar-refractivity contribution is -0.137. The van der Waals surface area contributed by atoms with Gasteiger partial charge in [0.05, 0.1) is 11.0 Å². The fourth-order valence-electron chi connectivity index (χ4n) is 11.8. The summed E-state index contributed by atoms with van der Waals surface area (Å²) in [4.78, 5) is 27.4. The van der Waals surface area contributed by atoms with Crippen LogP contribution < -0.4 is 0 Å². The average Bonchev–Trinajstić information content (AvgIpc) is 3.80. The van der Waals surface area contributed by atoms with Gasteiger partial charge in [0.2, 0.25) is 0 Å². The van der Waals surface area contributed by atoms with Gasteiger partial charge in [0, 0.05) is 16.5 Å². The summed E-state index contributed by atoms with van der Waals surface area (Å²) in [6.45, 7) is 17.7. The predicted molar refractivity (Wildman–Crippen MR) is 194 cm³/mol. The zero-order valence-corrected chi connectivity index (χ0v) is 30.9. The molecular weight excluding hydrogens is 629 g/mol. The number of hydrogen-bond acceptors (Lipinski definition) is 2. The molecule has 5 heteroatoms. The van der Waals surface area contributed by atoms with Crippen molar-refractivity contribution in [3.8, 4) is 0 Å². The summed E-state index contributed by atoms with van der Waals surface area (Å²) in [5, 5.41) is 0. The molecule has 2 aromatic rings. The van der Waals surface area contributed by atoms with Gasteiger partial charge in [-0.15, -0.1) is 0 Å². The van der Waals surface area contributed by atoms with Crippen molar-refractivity contribution in [3.63, 3.8) is 0 Å². The molecule has 4 bridgehead atoms. The van der Waals surface area contributed by atoms with Crippen LogP contribution in [0.15, 0.2) is 99.2 Å². The van der Waals surface area contributed by atoms with Gasteiger partial charge in [-0.05, 0) is 142 Å². The molecule has 0 heterocycles. The van der Waals surface area contributed by atoms with E-state index in [1.54, 1.807) is 11.1 Å². The molecule has 0 aliphatic heterocycles. The minimum absolute atomic E-state index is 0.00470. The van der Waals surface area contributed by atoms with Crippen molar-refractivity contribution >= 4 is 11.6 Å². The fraction of sp³-hybridized carbons (Fsp3) is 0.511. The van der Waals surface area contributed by atoms with E-state index in [4.69, 9.17) is 0 Å². The maximum absolute atomic E-state index is 13.9.